The fourth-order valence-electron chi connectivity index (χ4n) is 3.26. The second-order valence-corrected chi connectivity index (χ2v) is 5.31. The molecule has 2 aliphatic heterocycles. The van der Waals surface area contributed by atoms with Gasteiger partial charge in [0, 0.05) is 24.4 Å². The van der Waals surface area contributed by atoms with Crippen LogP contribution in [0.3, 0.4) is 0 Å². The molecule has 2 fully saturated rings. The van der Waals surface area contributed by atoms with Gasteiger partial charge in [-0.2, -0.15) is 0 Å². The van der Waals surface area contributed by atoms with Crippen LogP contribution in [0.5, 0.6) is 0 Å². The summed E-state index contributed by atoms with van der Waals surface area (Å²) in [5.41, 5.74) is 1.02. The van der Waals surface area contributed by atoms with Crippen LogP contribution in [0.25, 0.3) is 0 Å². The van der Waals surface area contributed by atoms with E-state index in [0.29, 0.717) is 6.42 Å². The molecule has 92 valence electrons. The van der Waals surface area contributed by atoms with E-state index < -0.39 is 11.8 Å². The first-order valence-corrected chi connectivity index (χ1v) is 6.33. The van der Waals surface area contributed by atoms with E-state index in [2.05, 4.69) is 5.32 Å². The van der Waals surface area contributed by atoms with E-state index in [0.717, 1.165) is 18.4 Å². The zero-order chi connectivity index (χ0) is 11.9. The van der Waals surface area contributed by atoms with Gasteiger partial charge in [0.05, 0.1) is 0 Å². The minimum atomic E-state index is -2.51. The van der Waals surface area contributed by atoms with Gasteiger partial charge in [0.2, 0.25) is 0 Å². The molecular weight excluding hydrogens is 220 g/mol. The quantitative estimate of drug-likeness (QED) is 0.833. The molecule has 0 aliphatic carbocycles. The molecule has 0 spiro atoms. The predicted octanol–water partition coefficient (Wildman–Crippen LogP) is 3.00. The Bertz CT molecular complexity index is 390. The van der Waals surface area contributed by atoms with Gasteiger partial charge in [-0.15, -0.1) is 0 Å². The van der Waals surface area contributed by atoms with Crippen molar-refractivity contribution in [2.75, 3.05) is 0 Å². The van der Waals surface area contributed by atoms with Crippen molar-refractivity contribution in [1.82, 2.24) is 5.32 Å². The lowest BCUT2D eigenvalue weighted by molar-refractivity contribution is -0.0954. The Hall–Kier alpha value is -0.960. The average Bonchev–Trinajstić information content (AvgIpc) is 2.69. The maximum absolute atomic E-state index is 14.1. The van der Waals surface area contributed by atoms with Crippen molar-refractivity contribution in [2.24, 2.45) is 5.92 Å². The highest BCUT2D eigenvalue weighted by Crippen LogP contribution is 2.43. The maximum Gasteiger partial charge on any atom is 0.254 e. The first kappa shape index (κ1) is 11.1. The second-order valence-electron chi connectivity index (χ2n) is 5.31. The standard InChI is InChI=1S/C14H17F2N/c15-14(16)9-11-6-7-13(17-11)12(14)8-10-4-2-1-3-5-10/h1-5,11-13,17H,6-9H2. The summed E-state index contributed by atoms with van der Waals surface area (Å²) in [6.45, 7) is 0. The van der Waals surface area contributed by atoms with Crippen LogP contribution in [0.2, 0.25) is 0 Å². The van der Waals surface area contributed by atoms with E-state index in [9.17, 15) is 8.78 Å². The van der Waals surface area contributed by atoms with Crippen LogP contribution in [0, 0.1) is 5.92 Å². The van der Waals surface area contributed by atoms with Gasteiger partial charge in [0.25, 0.3) is 5.92 Å². The summed E-state index contributed by atoms with van der Waals surface area (Å²) in [5.74, 6) is -3.05. The topological polar surface area (TPSA) is 12.0 Å². The number of rotatable bonds is 2. The molecule has 2 bridgehead atoms. The van der Waals surface area contributed by atoms with Crippen molar-refractivity contribution in [2.45, 2.75) is 43.7 Å². The molecule has 3 unspecified atom stereocenters. The Labute approximate surface area is 100 Å². The molecule has 0 saturated carbocycles. The van der Waals surface area contributed by atoms with Crippen molar-refractivity contribution in [1.29, 1.82) is 0 Å². The summed E-state index contributed by atoms with van der Waals surface area (Å²) in [6.07, 6.45) is 2.31. The fourth-order valence-corrected chi connectivity index (χ4v) is 3.26. The third-order valence-corrected chi connectivity index (χ3v) is 4.12. The normalized spacial score (nSPS) is 34.8. The van der Waals surface area contributed by atoms with E-state index in [4.69, 9.17) is 0 Å². The summed E-state index contributed by atoms with van der Waals surface area (Å²) >= 11 is 0. The van der Waals surface area contributed by atoms with E-state index in [1.165, 1.54) is 0 Å². The fraction of sp³-hybridized carbons (Fsp3) is 0.571. The monoisotopic (exact) mass is 237 g/mol. The van der Waals surface area contributed by atoms with Gasteiger partial charge in [-0.1, -0.05) is 30.3 Å². The lowest BCUT2D eigenvalue weighted by atomic mass is 9.83. The molecule has 0 aromatic heterocycles. The molecule has 3 heteroatoms. The highest BCUT2D eigenvalue weighted by atomic mass is 19.3. The Morgan fingerprint density at radius 3 is 2.71 bits per heavy atom. The average molecular weight is 237 g/mol. The van der Waals surface area contributed by atoms with Gasteiger partial charge in [0.15, 0.2) is 0 Å². The molecule has 2 heterocycles. The number of hydrogen-bond donors (Lipinski definition) is 1. The van der Waals surface area contributed by atoms with Gasteiger partial charge < -0.3 is 5.32 Å². The molecule has 1 aromatic carbocycles. The van der Waals surface area contributed by atoms with Gasteiger partial charge in [0.1, 0.15) is 0 Å². The smallest absolute Gasteiger partial charge is 0.254 e. The molecule has 1 N–H and O–H groups in total. The summed E-state index contributed by atoms with van der Waals surface area (Å²) in [6, 6.07) is 9.69. The third kappa shape index (κ3) is 2.08. The number of fused-ring (bicyclic) bond motifs is 2. The van der Waals surface area contributed by atoms with Crippen LogP contribution < -0.4 is 5.32 Å². The van der Waals surface area contributed by atoms with Crippen LogP contribution in [-0.4, -0.2) is 18.0 Å². The molecular formula is C14H17F2N. The second kappa shape index (κ2) is 4.05. The molecule has 1 nitrogen and oxygen atoms in total. The highest BCUT2D eigenvalue weighted by Gasteiger charge is 2.52. The van der Waals surface area contributed by atoms with Crippen LogP contribution in [0.1, 0.15) is 24.8 Å². The highest BCUT2D eigenvalue weighted by molar-refractivity contribution is 5.17. The van der Waals surface area contributed by atoms with Crippen LogP contribution >= 0.6 is 0 Å². The number of nitrogens with one attached hydrogen (secondary N) is 1. The van der Waals surface area contributed by atoms with Crippen LogP contribution in [0.4, 0.5) is 8.78 Å². The Kier molecular flexibility index (Phi) is 2.66. The zero-order valence-electron chi connectivity index (χ0n) is 9.70. The number of piperidine rings is 1. The Morgan fingerprint density at radius 2 is 1.94 bits per heavy atom. The molecule has 2 aliphatic rings. The minimum Gasteiger partial charge on any atom is -0.310 e. The third-order valence-electron chi connectivity index (χ3n) is 4.12. The molecule has 3 rings (SSSR count). The lowest BCUT2D eigenvalue weighted by Gasteiger charge is -2.37. The summed E-state index contributed by atoms with van der Waals surface area (Å²) in [4.78, 5) is 0. The van der Waals surface area contributed by atoms with Crippen molar-refractivity contribution in [3.63, 3.8) is 0 Å². The van der Waals surface area contributed by atoms with Gasteiger partial charge in [-0.05, 0) is 24.8 Å². The lowest BCUT2D eigenvalue weighted by Crippen LogP contribution is -2.52. The summed E-state index contributed by atoms with van der Waals surface area (Å²) in [5, 5.41) is 3.34. The number of halogens is 2. The van der Waals surface area contributed by atoms with E-state index >= 15 is 0 Å². The first-order chi connectivity index (χ1) is 8.15. The first-order valence-electron chi connectivity index (χ1n) is 6.33. The zero-order valence-corrected chi connectivity index (χ0v) is 9.70. The molecule has 17 heavy (non-hydrogen) atoms. The van der Waals surface area contributed by atoms with Crippen molar-refractivity contribution >= 4 is 0 Å². The summed E-state index contributed by atoms with van der Waals surface area (Å²) in [7, 11) is 0. The van der Waals surface area contributed by atoms with E-state index in [1.54, 1.807) is 0 Å². The SMILES string of the molecule is FC1(F)CC2CCC(N2)C1Cc1ccccc1. The predicted molar refractivity (Wildman–Crippen MR) is 63.1 cm³/mol. The molecule has 3 atom stereocenters. The Balaban J connectivity index is 1.81. The molecule has 0 radical (unpaired) electrons. The van der Waals surface area contributed by atoms with Crippen LogP contribution in [-0.2, 0) is 6.42 Å². The van der Waals surface area contributed by atoms with Crippen LogP contribution in [0.15, 0.2) is 30.3 Å². The van der Waals surface area contributed by atoms with Crippen molar-refractivity contribution < 1.29 is 8.78 Å². The number of benzene rings is 1. The Morgan fingerprint density at radius 1 is 1.18 bits per heavy atom. The van der Waals surface area contributed by atoms with Gasteiger partial charge >= 0.3 is 0 Å². The van der Waals surface area contributed by atoms with Gasteiger partial charge in [-0.25, -0.2) is 8.78 Å². The number of hydrogen-bond acceptors (Lipinski definition) is 1. The van der Waals surface area contributed by atoms with Gasteiger partial charge in [-0.3, -0.25) is 0 Å². The van der Waals surface area contributed by atoms with Crippen molar-refractivity contribution in [3.05, 3.63) is 35.9 Å². The molecule has 2 saturated heterocycles. The largest absolute Gasteiger partial charge is 0.310 e. The minimum absolute atomic E-state index is 0.00366. The maximum atomic E-state index is 14.1. The van der Waals surface area contributed by atoms with E-state index in [1.807, 2.05) is 30.3 Å². The summed E-state index contributed by atoms with van der Waals surface area (Å²) < 4.78 is 28.1. The van der Waals surface area contributed by atoms with Crippen molar-refractivity contribution in [3.8, 4) is 0 Å². The molecule has 0 amide bonds. The number of alkyl halides is 2. The van der Waals surface area contributed by atoms with E-state index in [-0.39, 0.29) is 18.5 Å². The molecule has 1 aromatic rings.